The van der Waals surface area contributed by atoms with Gasteiger partial charge in [0.05, 0.1) is 6.42 Å². The average Bonchev–Trinajstić information content (AvgIpc) is 2.53. The van der Waals surface area contributed by atoms with Gasteiger partial charge in [0, 0.05) is 6.54 Å². The molecule has 0 saturated heterocycles. The molecule has 0 spiro atoms. The molecule has 2 aromatic carbocycles. The van der Waals surface area contributed by atoms with Gasteiger partial charge in [0.2, 0.25) is 0 Å². The molecule has 1 amide bonds. The van der Waals surface area contributed by atoms with E-state index in [0.29, 0.717) is 6.54 Å². The molecule has 4 nitrogen and oxygen atoms in total. The Morgan fingerprint density at radius 3 is 2.05 bits per heavy atom. The minimum atomic E-state index is -0.406. The minimum Gasteiger partial charge on any atom is -0.455 e. The van der Waals surface area contributed by atoms with Gasteiger partial charge in [0.1, 0.15) is 0 Å². The van der Waals surface area contributed by atoms with Gasteiger partial charge in [-0.3, -0.25) is 9.59 Å². The second-order valence-electron chi connectivity index (χ2n) is 4.59. The van der Waals surface area contributed by atoms with Crippen LogP contribution in [0.15, 0.2) is 60.7 Å². The van der Waals surface area contributed by atoms with Crippen LogP contribution in [0.25, 0.3) is 0 Å². The fourth-order valence-corrected chi connectivity index (χ4v) is 1.81. The summed E-state index contributed by atoms with van der Waals surface area (Å²) in [7, 11) is 0. The van der Waals surface area contributed by atoms with Crippen LogP contribution in [-0.4, -0.2) is 18.5 Å². The third kappa shape index (κ3) is 5.48. The van der Waals surface area contributed by atoms with Crippen LogP contribution in [0.1, 0.15) is 11.1 Å². The highest BCUT2D eigenvalue weighted by Gasteiger charge is 2.08. The van der Waals surface area contributed by atoms with Crippen molar-refractivity contribution in [2.75, 3.05) is 6.61 Å². The van der Waals surface area contributed by atoms with Crippen LogP contribution in [0.3, 0.4) is 0 Å². The van der Waals surface area contributed by atoms with E-state index in [-0.39, 0.29) is 18.9 Å². The molecule has 0 aliphatic heterocycles. The van der Waals surface area contributed by atoms with Gasteiger partial charge in [0.15, 0.2) is 6.61 Å². The predicted molar refractivity (Wildman–Crippen MR) is 79.4 cm³/mol. The molecule has 0 fully saturated rings. The molecule has 0 unspecified atom stereocenters. The summed E-state index contributed by atoms with van der Waals surface area (Å²) in [4.78, 5) is 23.2. The zero-order chi connectivity index (χ0) is 14.9. The van der Waals surface area contributed by atoms with Crippen LogP contribution in [0.5, 0.6) is 0 Å². The lowest BCUT2D eigenvalue weighted by atomic mass is 10.2. The Bertz CT molecular complexity index is 581. The topological polar surface area (TPSA) is 55.4 Å². The number of hydrogen-bond acceptors (Lipinski definition) is 3. The normalized spacial score (nSPS) is 9.90. The van der Waals surface area contributed by atoms with Gasteiger partial charge in [-0.05, 0) is 11.1 Å². The van der Waals surface area contributed by atoms with Crippen molar-refractivity contribution in [3.05, 3.63) is 71.8 Å². The van der Waals surface area contributed by atoms with E-state index in [9.17, 15) is 9.59 Å². The van der Waals surface area contributed by atoms with E-state index in [1.165, 1.54) is 0 Å². The van der Waals surface area contributed by atoms with Crippen molar-refractivity contribution in [3.8, 4) is 0 Å². The monoisotopic (exact) mass is 283 g/mol. The van der Waals surface area contributed by atoms with Crippen LogP contribution < -0.4 is 5.32 Å². The minimum absolute atomic E-state index is 0.173. The Balaban J connectivity index is 1.68. The van der Waals surface area contributed by atoms with Crippen molar-refractivity contribution in [2.45, 2.75) is 13.0 Å². The molecular formula is C17H17NO3. The third-order valence-electron chi connectivity index (χ3n) is 2.89. The molecule has 0 heterocycles. The molecule has 1 N–H and O–H groups in total. The number of nitrogens with one attached hydrogen (secondary N) is 1. The maximum atomic E-state index is 11.6. The SMILES string of the molecule is O=C(COC(=O)Cc1ccccc1)NCc1ccccc1. The lowest BCUT2D eigenvalue weighted by Gasteiger charge is -2.06. The first-order valence-corrected chi connectivity index (χ1v) is 6.74. The van der Waals surface area contributed by atoms with E-state index in [1.807, 2.05) is 60.7 Å². The Labute approximate surface area is 123 Å². The zero-order valence-corrected chi connectivity index (χ0v) is 11.6. The molecule has 0 bridgehead atoms. The molecule has 0 aliphatic rings. The van der Waals surface area contributed by atoms with Crippen LogP contribution in [0, 0.1) is 0 Å². The highest BCUT2D eigenvalue weighted by Crippen LogP contribution is 2.01. The fraction of sp³-hybridized carbons (Fsp3) is 0.176. The summed E-state index contributed by atoms with van der Waals surface area (Å²) in [6.45, 7) is 0.175. The highest BCUT2D eigenvalue weighted by molar-refractivity contribution is 5.81. The molecule has 0 aromatic heterocycles. The van der Waals surface area contributed by atoms with Crippen molar-refractivity contribution in [1.82, 2.24) is 5.32 Å². The quantitative estimate of drug-likeness (QED) is 0.826. The first-order chi connectivity index (χ1) is 10.2. The molecule has 0 saturated carbocycles. The molecule has 0 radical (unpaired) electrons. The summed E-state index contributed by atoms with van der Waals surface area (Å²) in [5, 5.41) is 2.70. The van der Waals surface area contributed by atoms with Crippen molar-refractivity contribution in [1.29, 1.82) is 0 Å². The first kappa shape index (κ1) is 14.8. The zero-order valence-electron chi connectivity index (χ0n) is 11.6. The Morgan fingerprint density at radius 2 is 1.43 bits per heavy atom. The largest absolute Gasteiger partial charge is 0.455 e. The Morgan fingerprint density at radius 1 is 0.857 bits per heavy atom. The van der Waals surface area contributed by atoms with Gasteiger partial charge in [-0.2, -0.15) is 0 Å². The number of hydrogen-bond donors (Lipinski definition) is 1. The lowest BCUT2D eigenvalue weighted by Crippen LogP contribution is -2.28. The van der Waals surface area contributed by atoms with Crippen LogP contribution >= 0.6 is 0 Å². The summed E-state index contributed by atoms with van der Waals surface area (Å²) in [5.74, 6) is -0.712. The summed E-state index contributed by atoms with van der Waals surface area (Å²) >= 11 is 0. The van der Waals surface area contributed by atoms with Gasteiger partial charge < -0.3 is 10.1 Å². The number of ether oxygens (including phenoxy) is 1. The van der Waals surface area contributed by atoms with Crippen LogP contribution in [-0.2, 0) is 27.3 Å². The van der Waals surface area contributed by atoms with Gasteiger partial charge in [-0.25, -0.2) is 0 Å². The summed E-state index contributed by atoms with van der Waals surface area (Å²) in [6, 6.07) is 18.8. The second-order valence-corrected chi connectivity index (χ2v) is 4.59. The number of carbonyl (C=O) groups excluding carboxylic acids is 2. The number of rotatable bonds is 6. The lowest BCUT2D eigenvalue weighted by molar-refractivity contribution is -0.147. The Hall–Kier alpha value is -2.62. The van der Waals surface area contributed by atoms with E-state index in [1.54, 1.807) is 0 Å². The molecule has 2 aromatic rings. The standard InChI is InChI=1S/C17H17NO3/c19-16(18-12-15-9-5-2-6-10-15)13-21-17(20)11-14-7-3-1-4-8-14/h1-10H,11-13H2,(H,18,19). The van der Waals surface area contributed by atoms with E-state index < -0.39 is 5.97 Å². The molecule has 0 aliphatic carbocycles. The van der Waals surface area contributed by atoms with Crippen molar-refractivity contribution in [3.63, 3.8) is 0 Å². The smallest absolute Gasteiger partial charge is 0.310 e. The second kappa shape index (κ2) is 7.85. The average molecular weight is 283 g/mol. The highest BCUT2D eigenvalue weighted by atomic mass is 16.5. The van der Waals surface area contributed by atoms with Gasteiger partial charge in [-0.1, -0.05) is 60.7 Å². The van der Waals surface area contributed by atoms with Gasteiger partial charge >= 0.3 is 5.97 Å². The van der Waals surface area contributed by atoms with E-state index >= 15 is 0 Å². The summed E-state index contributed by atoms with van der Waals surface area (Å²) < 4.78 is 4.95. The number of benzene rings is 2. The van der Waals surface area contributed by atoms with Gasteiger partial charge in [0.25, 0.3) is 5.91 Å². The molecule has 4 heteroatoms. The van der Waals surface area contributed by atoms with E-state index in [0.717, 1.165) is 11.1 Å². The molecular weight excluding hydrogens is 266 g/mol. The molecule has 2 rings (SSSR count). The maximum absolute atomic E-state index is 11.6. The van der Waals surface area contributed by atoms with Crippen LogP contribution in [0.4, 0.5) is 0 Å². The molecule has 108 valence electrons. The number of esters is 1. The Kier molecular flexibility index (Phi) is 5.52. The predicted octanol–water partition coefficient (Wildman–Crippen LogP) is 2.09. The summed E-state index contributed by atoms with van der Waals surface area (Å²) in [6.07, 6.45) is 0.173. The van der Waals surface area contributed by atoms with Gasteiger partial charge in [-0.15, -0.1) is 0 Å². The fourth-order valence-electron chi connectivity index (χ4n) is 1.81. The first-order valence-electron chi connectivity index (χ1n) is 6.74. The summed E-state index contributed by atoms with van der Waals surface area (Å²) in [5.41, 5.74) is 1.87. The van der Waals surface area contributed by atoms with Crippen LogP contribution in [0.2, 0.25) is 0 Å². The van der Waals surface area contributed by atoms with E-state index in [2.05, 4.69) is 5.32 Å². The molecule has 21 heavy (non-hydrogen) atoms. The molecule has 0 atom stereocenters. The maximum Gasteiger partial charge on any atom is 0.310 e. The van der Waals surface area contributed by atoms with Crippen molar-refractivity contribution < 1.29 is 14.3 Å². The third-order valence-corrected chi connectivity index (χ3v) is 2.89. The number of amides is 1. The van der Waals surface area contributed by atoms with Crippen molar-refractivity contribution in [2.24, 2.45) is 0 Å². The number of carbonyl (C=O) groups is 2. The van der Waals surface area contributed by atoms with E-state index in [4.69, 9.17) is 4.74 Å². The van der Waals surface area contributed by atoms with Crippen molar-refractivity contribution >= 4 is 11.9 Å².